The van der Waals surface area contributed by atoms with Gasteiger partial charge in [0.25, 0.3) is 0 Å². The van der Waals surface area contributed by atoms with Crippen molar-refractivity contribution in [3.8, 4) is 6.07 Å². The molecule has 2 aromatic carbocycles. The lowest BCUT2D eigenvalue weighted by molar-refractivity contribution is -0.121. The van der Waals surface area contributed by atoms with E-state index in [2.05, 4.69) is 16.7 Å². The van der Waals surface area contributed by atoms with Crippen LogP contribution < -0.4 is 10.6 Å². The first kappa shape index (κ1) is 17.2. The Balaban J connectivity index is 1.92. The Morgan fingerprint density at radius 1 is 1.08 bits per heavy atom. The van der Waals surface area contributed by atoms with E-state index in [1.165, 1.54) is 6.92 Å². The maximum atomic E-state index is 12.1. The Kier molecular flexibility index (Phi) is 5.69. The predicted octanol–water partition coefficient (Wildman–Crippen LogP) is 2.94. The molecule has 0 saturated carbocycles. The van der Waals surface area contributed by atoms with E-state index in [0.29, 0.717) is 11.3 Å². The van der Waals surface area contributed by atoms with Crippen LogP contribution in [0.25, 0.3) is 0 Å². The molecule has 1 atom stereocenters. The van der Waals surface area contributed by atoms with E-state index in [-0.39, 0.29) is 24.3 Å². The Morgan fingerprint density at radius 2 is 1.71 bits per heavy atom. The molecule has 2 rings (SSSR count). The smallest absolute Gasteiger partial charge is 0.224 e. The summed E-state index contributed by atoms with van der Waals surface area (Å²) in [6.07, 6.45) is 0.265. The molecule has 0 saturated heterocycles. The largest absolute Gasteiger partial charge is 0.349 e. The quantitative estimate of drug-likeness (QED) is 0.888. The number of anilines is 1. The number of nitrogens with one attached hydrogen (secondary N) is 2. The Labute approximate surface area is 141 Å². The first-order chi connectivity index (χ1) is 11.5. The zero-order valence-electron chi connectivity index (χ0n) is 13.7. The lowest BCUT2D eigenvalue weighted by Crippen LogP contribution is -2.28. The minimum Gasteiger partial charge on any atom is -0.349 e. The molecule has 0 bridgehead atoms. The zero-order valence-corrected chi connectivity index (χ0v) is 13.7. The van der Waals surface area contributed by atoms with Gasteiger partial charge in [-0.2, -0.15) is 5.26 Å². The lowest BCUT2D eigenvalue weighted by Gasteiger charge is -2.14. The fraction of sp³-hybridized carbons (Fsp3) is 0.211. The van der Waals surface area contributed by atoms with E-state index in [9.17, 15) is 9.59 Å². The highest BCUT2D eigenvalue weighted by atomic mass is 16.2. The maximum Gasteiger partial charge on any atom is 0.224 e. The summed E-state index contributed by atoms with van der Waals surface area (Å²) in [5, 5.41) is 14.4. The SMILES string of the molecule is CC(=O)Nc1ccc(CC(=O)NC(C)c2ccc(C#N)cc2)cc1. The molecule has 5 heteroatoms. The van der Waals surface area contributed by atoms with Gasteiger partial charge >= 0.3 is 0 Å². The summed E-state index contributed by atoms with van der Waals surface area (Å²) in [5.41, 5.74) is 3.12. The second kappa shape index (κ2) is 7.93. The van der Waals surface area contributed by atoms with Gasteiger partial charge in [0.2, 0.25) is 11.8 Å². The van der Waals surface area contributed by atoms with Crippen molar-refractivity contribution in [1.82, 2.24) is 5.32 Å². The molecule has 24 heavy (non-hydrogen) atoms. The molecular formula is C19H19N3O2. The van der Waals surface area contributed by atoms with Gasteiger partial charge in [-0.15, -0.1) is 0 Å². The number of hydrogen-bond acceptors (Lipinski definition) is 3. The molecule has 5 nitrogen and oxygen atoms in total. The van der Waals surface area contributed by atoms with E-state index in [4.69, 9.17) is 5.26 Å². The summed E-state index contributed by atoms with van der Waals surface area (Å²) in [6.45, 7) is 3.35. The van der Waals surface area contributed by atoms with Crippen LogP contribution in [0.2, 0.25) is 0 Å². The van der Waals surface area contributed by atoms with Gasteiger partial charge in [-0.05, 0) is 42.3 Å². The lowest BCUT2D eigenvalue weighted by atomic mass is 10.1. The number of carbonyl (C=O) groups excluding carboxylic acids is 2. The van der Waals surface area contributed by atoms with Crippen LogP contribution in [0.5, 0.6) is 0 Å². The van der Waals surface area contributed by atoms with Gasteiger partial charge in [0.05, 0.1) is 24.1 Å². The predicted molar refractivity (Wildman–Crippen MR) is 92.2 cm³/mol. The molecule has 122 valence electrons. The third kappa shape index (κ3) is 4.96. The Bertz CT molecular complexity index is 759. The molecule has 0 aliphatic heterocycles. The summed E-state index contributed by atoms with van der Waals surface area (Å²) >= 11 is 0. The van der Waals surface area contributed by atoms with Crippen LogP contribution in [-0.2, 0) is 16.0 Å². The zero-order chi connectivity index (χ0) is 17.5. The molecule has 0 aromatic heterocycles. The fourth-order valence-electron chi connectivity index (χ4n) is 2.32. The second-order valence-corrected chi connectivity index (χ2v) is 5.58. The molecule has 0 radical (unpaired) electrons. The van der Waals surface area contributed by atoms with E-state index in [1.54, 1.807) is 24.3 Å². The summed E-state index contributed by atoms with van der Waals surface area (Å²) in [4.78, 5) is 23.1. The summed E-state index contributed by atoms with van der Waals surface area (Å²) < 4.78 is 0. The molecule has 0 fully saturated rings. The van der Waals surface area contributed by atoms with Crippen LogP contribution in [0.15, 0.2) is 48.5 Å². The number of carbonyl (C=O) groups is 2. The van der Waals surface area contributed by atoms with Crippen molar-refractivity contribution >= 4 is 17.5 Å². The molecule has 2 N–H and O–H groups in total. The molecule has 0 aliphatic carbocycles. The van der Waals surface area contributed by atoms with Crippen molar-refractivity contribution in [3.05, 3.63) is 65.2 Å². The average molecular weight is 321 g/mol. The minimum absolute atomic E-state index is 0.0841. The van der Waals surface area contributed by atoms with Crippen LogP contribution in [0, 0.1) is 11.3 Å². The number of amides is 2. The van der Waals surface area contributed by atoms with Gasteiger partial charge < -0.3 is 10.6 Å². The second-order valence-electron chi connectivity index (χ2n) is 5.58. The number of nitrogens with zero attached hydrogens (tertiary/aromatic N) is 1. The first-order valence-corrected chi connectivity index (χ1v) is 7.64. The van der Waals surface area contributed by atoms with Crippen molar-refractivity contribution < 1.29 is 9.59 Å². The highest BCUT2D eigenvalue weighted by Crippen LogP contribution is 2.14. The fourth-order valence-corrected chi connectivity index (χ4v) is 2.32. The topological polar surface area (TPSA) is 82.0 Å². The van der Waals surface area contributed by atoms with Crippen molar-refractivity contribution in [2.24, 2.45) is 0 Å². The van der Waals surface area contributed by atoms with Crippen molar-refractivity contribution in [2.45, 2.75) is 26.3 Å². The number of benzene rings is 2. The highest BCUT2D eigenvalue weighted by Gasteiger charge is 2.10. The van der Waals surface area contributed by atoms with Crippen LogP contribution >= 0.6 is 0 Å². The maximum absolute atomic E-state index is 12.1. The van der Waals surface area contributed by atoms with E-state index in [0.717, 1.165) is 11.1 Å². The van der Waals surface area contributed by atoms with Gasteiger partial charge in [0, 0.05) is 12.6 Å². The molecule has 2 aromatic rings. The Hall–Kier alpha value is -3.13. The van der Waals surface area contributed by atoms with Crippen LogP contribution in [0.1, 0.15) is 36.6 Å². The minimum atomic E-state index is -0.135. The van der Waals surface area contributed by atoms with Crippen LogP contribution in [0.3, 0.4) is 0 Å². The van der Waals surface area contributed by atoms with Gasteiger partial charge in [0.15, 0.2) is 0 Å². The average Bonchev–Trinajstić information content (AvgIpc) is 2.56. The van der Waals surface area contributed by atoms with Crippen LogP contribution in [-0.4, -0.2) is 11.8 Å². The summed E-state index contributed by atoms with van der Waals surface area (Å²) in [7, 11) is 0. The number of nitriles is 1. The molecule has 2 amide bonds. The molecule has 0 spiro atoms. The normalized spacial score (nSPS) is 11.2. The summed E-state index contributed by atoms with van der Waals surface area (Å²) in [5.74, 6) is -0.212. The number of rotatable bonds is 5. The van der Waals surface area contributed by atoms with Crippen molar-refractivity contribution in [2.75, 3.05) is 5.32 Å². The molecule has 1 unspecified atom stereocenters. The summed E-state index contributed by atoms with van der Waals surface area (Å²) in [6, 6.07) is 16.3. The third-order valence-electron chi connectivity index (χ3n) is 3.56. The monoisotopic (exact) mass is 321 g/mol. The van der Waals surface area contributed by atoms with Gasteiger partial charge in [-0.3, -0.25) is 9.59 Å². The molecular weight excluding hydrogens is 302 g/mol. The van der Waals surface area contributed by atoms with Crippen molar-refractivity contribution in [3.63, 3.8) is 0 Å². The third-order valence-corrected chi connectivity index (χ3v) is 3.56. The van der Waals surface area contributed by atoms with Gasteiger partial charge in [-0.25, -0.2) is 0 Å². The van der Waals surface area contributed by atoms with Gasteiger partial charge in [-0.1, -0.05) is 24.3 Å². The molecule has 0 aliphatic rings. The Morgan fingerprint density at radius 3 is 2.25 bits per heavy atom. The van der Waals surface area contributed by atoms with E-state index in [1.807, 2.05) is 31.2 Å². The standard InChI is InChI=1S/C19H19N3O2/c1-13(17-7-3-16(12-20)4-8-17)21-19(24)11-15-5-9-18(10-6-15)22-14(2)23/h3-10,13H,11H2,1-2H3,(H,21,24)(H,22,23). The molecule has 0 heterocycles. The first-order valence-electron chi connectivity index (χ1n) is 7.64. The van der Waals surface area contributed by atoms with E-state index >= 15 is 0 Å². The van der Waals surface area contributed by atoms with Crippen molar-refractivity contribution in [1.29, 1.82) is 5.26 Å². The highest BCUT2D eigenvalue weighted by molar-refractivity contribution is 5.88. The van der Waals surface area contributed by atoms with Crippen LogP contribution in [0.4, 0.5) is 5.69 Å². The number of hydrogen-bond donors (Lipinski definition) is 2. The van der Waals surface area contributed by atoms with Gasteiger partial charge in [0.1, 0.15) is 0 Å². The van der Waals surface area contributed by atoms with E-state index < -0.39 is 0 Å².